The molecule has 2 N–H and O–H groups in total. The normalized spacial score (nSPS) is 17.8. The molecule has 1 fully saturated rings. The maximum atomic E-state index is 11.9. The highest BCUT2D eigenvalue weighted by Crippen LogP contribution is 2.08. The van der Waals surface area contributed by atoms with Crippen LogP contribution in [0, 0.1) is 5.92 Å². The Bertz CT molecular complexity index is 587. The molecule has 1 aromatic heterocycles. The molecule has 2 heterocycles. The van der Waals surface area contributed by atoms with Crippen LogP contribution >= 0.6 is 0 Å². The lowest BCUT2D eigenvalue weighted by Gasteiger charge is -2.08. The fourth-order valence-electron chi connectivity index (χ4n) is 2.57. The number of nitrogens with one attached hydrogen (secondary N) is 2. The van der Waals surface area contributed by atoms with Crippen molar-refractivity contribution in [2.45, 2.75) is 19.5 Å². The topological polar surface area (TPSA) is 59.0 Å². The zero-order valence-electron chi connectivity index (χ0n) is 12.0. The van der Waals surface area contributed by atoms with Crippen molar-refractivity contribution in [3.8, 4) is 0 Å². The van der Waals surface area contributed by atoms with Crippen molar-refractivity contribution in [2.75, 3.05) is 13.1 Å². The third-order valence-corrected chi connectivity index (χ3v) is 3.77. The predicted octanol–water partition coefficient (Wildman–Crippen LogP) is 1.16. The van der Waals surface area contributed by atoms with Gasteiger partial charge >= 0.3 is 0 Å². The van der Waals surface area contributed by atoms with E-state index in [4.69, 9.17) is 0 Å². The number of amides is 1. The molecular formula is C16H20N4O. The van der Waals surface area contributed by atoms with Gasteiger partial charge in [0.05, 0.1) is 18.7 Å². The van der Waals surface area contributed by atoms with Crippen LogP contribution in [0.3, 0.4) is 0 Å². The Balaban J connectivity index is 1.52. The van der Waals surface area contributed by atoms with E-state index in [-0.39, 0.29) is 11.8 Å². The Morgan fingerprint density at radius 1 is 1.33 bits per heavy atom. The first-order valence-corrected chi connectivity index (χ1v) is 7.35. The van der Waals surface area contributed by atoms with Crippen molar-refractivity contribution >= 4 is 5.91 Å². The molecule has 0 saturated carbocycles. The van der Waals surface area contributed by atoms with Gasteiger partial charge in [-0.15, -0.1) is 0 Å². The molecule has 1 amide bonds. The van der Waals surface area contributed by atoms with Gasteiger partial charge in [-0.25, -0.2) is 0 Å². The summed E-state index contributed by atoms with van der Waals surface area (Å²) in [6.07, 6.45) is 4.73. The Kier molecular flexibility index (Phi) is 4.31. The van der Waals surface area contributed by atoms with Crippen LogP contribution in [0.15, 0.2) is 42.7 Å². The minimum atomic E-state index is 0.115. The smallest absolute Gasteiger partial charge is 0.224 e. The molecule has 0 bridgehead atoms. The third-order valence-electron chi connectivity index (χ3n) is 3.77. The van der Waals surface area contributed by atoms with E-state index in [1.54, 1.807) is 0 Å². The van der Waals surface area contributed by atoms with Gasteiger partial charge in [0.1, 0.15) is 0 Å². The van der Waals surface area contributed by atoms with Crippen LogP contribution in [-0.2, 0) is 17.9 Å². The van der Waals surface area contributed by atoms with Crippen LogP contribution < -0.4 is 10.6 Å². The molecule has 1 saturated heterocycles. The van der Waals surface area contributed by atoms with Crippen molar-refractivity contribution < 1.29 is 4.79 Å². The number of aromatic nitrogens is 2. The quantitative estimate of drug-likeness (QED) is 0.866. The van der Waals surface area contributed by atoms with Crippen LogP contribution in [0.25, 0.3) is 0 Å². The summed E-state index contributed by atoms with van der Waals surface area (Å²) in [6, 6.07) is 10.2. The zero-order valence-corrected chi connectivity index (χ0v) is 12.0. The van der Waals surface area contributed by atoms with E-state index in [1.165, 1.54) is 5.56 Å². The van der Waals surface area contributed by atoms with E-state index in [0.717, 1.165) is 31.6 Å². The second-order valence-electron chi connectivity index (χ2n) is 5.44. The lowest BCUT2D eigenvalue weighted by molar-refractivity contribution is -0.124. The molecule has 1 atom stereocenters. The standard InChI is InChI=1S/C16H20N4O/c21-16(15-6-7-17-10-15)18-8-14-9-19-20(12-14)11-13-4-2-1-3-5-13/h1-5,9,12,15,17H,6-8,10-11H2,(H,18,21). The van der Waals surface area contributed by atoms with E-state index in [2.05, 4.69) is 27.9 Å². The largest absolute Gasteiger partial charge is 0.352 e. The highest BCUT2D eigenvalue weighted by atomic mass is 16.1. The molecule has 1 aromatic carbocycles. The number of hydrogen-bond donors (Lipinski definition) is 2. The molecule has 0 spiro atoms. The number of hydrogen-bond acceptors (Lipinski definition) is 3. The van der Waals surface area contributed by atoms with Gasteiger partial charge in [0.25, 0.3) is 0 Å². The van der Waals surface area contributed by atoms with Crippen molar-refractivity contribution in [3.05, 3.63) is 53.9 Å². The lowest BCUT2D eigenvalue weighted by Crippen LogP contribution is -2.31. The molecule has 1 aliphatic heterocycles. The van der Waals surface area contributed by atoms with E-state index in [9.17, 15) is 4.79 Å². The number of carbonyl (C=O) groups is 1. The summed E-state index contributed by atoms with van der Waals surface area (Å²) in [7, 11) is 0. The van der Waals surface area contributed by atoms with Crippen LogP contribution in [0.1, 0.15) is 17.5 Å². The second kappa shape index (κ2) is 6.54. The first-order chi connectivity index (χ1) is 10.3. The summed E-state index contributed by atoms with van der Waals surface area (Å²) >= 11 is 0. The minimum absolute atomic E-state index is 0.115. The van der Waals surface area contributed by atoms with E-state index >= 15 is 0 Å². The summed E-state index contributed by atoms with van der Waals surface area (Å²) in [6.45, 7) is 3.03. The van der Waals surface area contributed by atoms with Gasteiger partial charge in [-0.05, 0) is 18.5 Å². The molecule has 0 radical (unpaired) electrons. The monoisotopic (exact) mass is 284 g/mol. The van der Waals surface area contributed by atoms with E-state index < -0.39 is 0 Å². The fraction of sp³-hybridized carbons (Fsp3) is 0.375. The Labute approximate surface area is 124 Å². The minimum Gasteiger partial charge on any atom is -0.352 e. The Hall–Kier alpha value is -2.14. The van der Waals surface area contributed by atoms with Gasteiger partial charge in [0, 0.05) is 24.8 Å². The predicted molar refractivity (Wildman–Crippen MR) is 80.6 cm³/mol. The molecule has 21 heavy (non-hydrogen) atoms. The molecule has 1 unspecified atom stereocenters. The van der Waals surface area contributed by atoms with Gasteiger partial charge in [0.2, 0.25) is 5.91 Å². The average Bonchev–Trinajstić information content (AvgIpc) is 3.17. The van der Waals surface area contributed by atoms with Crippen molar-refractivity contribution in [2.24, 2.45) is 5.92 Å². The average molecular weight is 284 g/mol. The lowest BCUT2D eigenvalue weighted by atomic mass is 10.1. The fourth-order valence-corrected chi connectivity index (χ4v) is 2.57. The second-order valence-corrected chi connectivity index (χ2v) is 5.44. The van der Waals surface area contributed by atoms with Gasteiger partial charge in [-0.3, -0.25) is 9.48 Å². The molecule has 3 rings (SSSR count). The van der Waals surface area contributed by atoms with Crippen molar-refractivity contribution in [1.29, 1.82) is 0 Å². The van der Waals surface area contributed by atoms with Gasteiger partial charge in [-0.1, -0.05) is 30.3 Å². The third kappa shape index (κ3) is 3.70. The van der Waals surface area contributed by atoms with E-state index in [0.29, 0.717) is 6.54 Å². The van der Waals surface area contributed by atoms with E-state index in [1.807, 2.05) is 35.3 Å². The van der Waals surface area contributed by atoms with Gasteiger partial charge in [0.15, 0.2) is 0 Å². The summed E-state index contributed by atoms with van der Waals surface area (Å²) < 4.78 is 1.90. The van der Waals surface area contributed by atoms with Crippen LogP contribution in [0.2, 0.25) is 0 Å². The molecule has 2 aromatic rings. The molecule has 5 heteroatoms. The maximum absolute atomic E-state index is 11.9. The molecule has 1 aliphatic rings. The van der Waals surface area contributed by atoms with Gasteiger partial charge in [-0.2, -0.15) is 5.10 Å². The SMILES string of the molecule is O=C(NCc1cnn(Cc2ccccc2)c1)C1CCNC1. The van der Waals surface area contributed by atoms with Crippen molar-refractivity contribution in [3.63, 3.8) is 0 Å². The van der Waals surface area contributed by atoms with Crippen LogP contribution in [0.4, 0.5) is 0 Å². The zero-order chi connectivity index (χ0) is 14.5. The van der Waals surface area contributed by atoms with Crippen LogP contribution in [0.5, 0.6) is 0 Å². The molecule has 5 nitrogen and oxygen atoms in total. The summed E-state index contributed by atoms with van der Waals surface area (Å²) in [5.41, 5.74) is 2.25. The number of benzene rings is 1. The highest BCUT2D eigenvalue weighted by Gasteiger charge is 2.21. The molecular weight excluding hydrogens is 264 g/mol. The molecule has 0 aliphatic carbocycles. The summed E-state index contributed by atoms with van der Waals surface area (Å²) in [5, 5.41) is 10.5. The van der Waals surface area contributed by atoms with Gasteiger partial charge < -0.3 is 10.6 Å². The molecule has 110 valence electrons. The maximum Gasteiger partial charge on any atom is 0.224 e. The first-order valence-electron chi connectivity index (χ1n) is 7.35. The number of carbonyl (C=O) groups excluding carboxylic acids is 1. The van der Waals surface area contributed by atoms with Crippen LogP contribution in [-0.4, -0.2) is 28.8 Å². The Morgan fingerprint density at radius 2 is 2.19 bits per heavy atom. The number of rotatable bonds is 5. The first kappa shape index (κ1) is 13.8. The summed E-state index contributed by atoms with van der Waals surface area (Å²) in [4.78, 5) is 11.9. The summed E-state index contributed by atoms with van der Waals surface area (Å²) in [5.74, 6) is 0.250. The van der Waals surface area contributed by atoms with Crippen molar-refractivity contribution in [1.82, 2.24) is 20.4 Å². The number of nitrogens with zero attached hydrogens (tertiary/aromatic N) is 2. The Morgan fingerprint density at radius 3 is 2.95 bits per heavy atom. The highest BCUT2D eigenvalue weighted by molar-refractivity contribution is 5.79.